The second-order valence-electron chi connectivity index (χ2n) is 4.41. The Kier molecular flexibility index (Phi) is 3.13. The molecule has 4 nitrogen and oxygen atoms in total. The van der Waals surface area contributed by atoms with Crippen molar-refractivity contribution in [2.24, 2.45) is 5.16 Å². The highest BCUT2D eigenvalue weighted by atomic mass is 16.5. The van der Waals surface area contributed by atoms with Crippen LogP contribution in [0.3, 0.4) is 0 Å². The zero-order valence-electron chi connectivity index (χ0n) is 11.0. The maximum atomic E-state index is 8.92. The Labute approximate surface area is 116 Å². The fraction of sp³-hybridized carbons (Fsp3) is 0.0625. The third-order valence-corrected chi connectivity index (χ3v) is 3.30. The van der Waals surface area contributed by atoms with E-state index in [1.54, 1.807) is 7.11 Å². The number of rotatable bonds is 3. The Morgan fingerprint density at radius 2 is 1.90 bits per heavy atom. The smallest absolute Gasteiger partial charge is 0.142 e. The number of para-hydroxylation sites is 1. The first-order chi connectivity index (χ1) is 9.85. The summed E-state index contributed by atoms with van der Waals surface area (Å²) in [5.74, 6) is 0.761. The van der Waals surface area contributed by atoms with Crippen LogP contribution in [0.5, 0.6) is 5.75 Å². The predicted molar refractivity (Wildman–Crippen MR) is 79.7 cm³/mol. The van der Waals surface area contributed by atoms with E-state index in [2.05, 4.69) is 10.1 Å². The van der Waals surface area contributed by atoms with Crippen molar-refractivity contribution in [2.45, 2.75) is 0 Å². The standard InChI is InChI=1S/C16H14N2O2/c1-20-14-9-5-8-12-13(10-17-19)15(18-16(12)14)11-6-3-2-4-7-11/h2-10,18-19H,1H3/b17-10-. The zero-order valence-corrected chi connectivity index (χ0v) is 11.0. The molecule has 0 saturated heterocycles. The van der Waals surface area contributed by atoms with E-state index in [4.69, 9.17) is 9.94 Å². The molecule has 0 unspecified atom stereocenters. The van der Waals surface area contributed by atoms with Crippen LogP contribution in [0.15, 0.2) is 53.7 Å². The van der Waals surface area contributed by atoms with Gasteiger partial charge >= 0.3 is 0 Å². The molecule has 0 aliphatic heterocycles. The van der Waals surface area contributed by atoms with Crippen molar-refractivity contribution in [3.05, 3.63) is 54.1 Å². The fourth-order valence-electron chi connectivity index (χ4n) is 2.41. The van der Waals surface area contributed by atoms with E-state index in [-0.39, 0.29) is 0 Å². The van der Waals surface area contributed by atoms with E-state index in [9.17, 15) is 0 Å². The summed E-state index contributed by atoms with van der Waals surface area (Å²) in [4.78, 5) is 3.36. The van der Waals surface area contributed by atoms with Crippen LogP contribution in [-0.4, -0.2) is 23.5 Å². The molecule has 0 spiro atoms. The summed E-state index contributed by atoms with van der Waals surface area (Å²) in [7, 11) is 1.64. The van der Waals surface area contributed by atoms with Gasteiger partial charge in [0.2, 0.25) is 0 Å². The van der Waals surface area contributed by atoms with Crippen LogP contribution in [-0.2, 0) is 0 Å². The Hall–Kier alpha value is -2.75. The highest BCUT2D eigenvalue weighted by molar-refractivity contribution is 6.07. The van der Waals surface area contributed by atoms with Gasteiger partial charge in [0.05, 0.1) is 24.5 Å². The monoisotopic (exact) mass is 266 g/mol. The number of hydrogen-bond donors (Lipinski definition) is 2. The number of fused-ring (bicyclic) bond motifs is 1. The summed E-state index contributed by atoms with van der Waals surface area (Å²) in [5.41, 5.74) is 3.67. The second-order valence-corrected chi connectivity index (χ2v) is 4.41. The van der Waals surface area contributed by atoms with Crippen molar-refractivity contribution < 1.29 is 9.94 Å². The normalized spacial score (nSPS) is 11.2. The van der Waals surface area contributed by atoms with Gasteiger partial charge in [0.1, 0.15) is 5.75 Å². The maximum Gasteiger partial charge on any atom is 0.142 e. The first-order valence-corrected chi connectivity index (χ1v) is 6.26. The fourth-order valence-corrected chi connectivity index (χ4v) is 2.41. The van der Waals surface area contributed by atoms with Gasteiger partial charge in [-0.25, -0.2) is 0 Å². The molecule has 1 aromatic heterocycles. The number of methoxy groups -OCH3 is 1. The zero-order chi connectivity index (χ0) is 13.9. The summed E-state index contributed by atoms with van der Waals surface area (Å²) in [6, 6.07) is 15.7. The van der Waals surface area contributed by atoms with Crippen molar-refractivity contribution in [1.82, 2.24) is 4.98 Å². The molecule has 100 valence electrons. The van der Waals surface area contributed by atoms with Crippen LogP contribution < -0.4 is 4.74 Å². The molecule has 2 N–H and O–H groups in total. The molecule has 4 heteroatoms. The van der Waals surface area contributed by atoms with Gasteiger partial charge in [0, 0.05) is 10.9 Å². The van der Waals surface area contributed by atoms with Crippen molar-refractivity contribution in [1.29, 1.82) is 0 Å². The lowest BCUT2D eigenvalue weighted by Gasteiger charge is -2.00. The molecule has 1 heterocycles. The minimum atomic E-state index is 0.761. The summed E-state index contributed by atoms with van der Waals surface area (Å²) in [6.07, 6.45) is 1.45. The molecule has 0 radical (unpaired) electrons. The average Bonchev–Trinajstić information content (AvgIpc) is 2.87. The van der Waals surface area contributed by atoms with Crippen molar-refractivity contribution >= 4 is 17.1 Å². The number of nitrogens with zero attached hydrogens (tertiary/aromatic N) is 1. The molecular weight excluding hydrogens is 252 g/mol. The Morgan fingerprint density at radius 1 is 1.10 bits per heavy atom. The third kappa shape index (κ3) is 1.91. The van der Waals surface area contributed by atoms with Crippen LogP contribution in [0.1, 0.15) is 5.56 Å². The van der Waals surface area contributed by atoms with E-state index < -0.39 is 0 Å². The highest BCUT2D eigenvalue weighted by Crippen LogP contribution is 2.33. The van der Waals surface area contributed by atoms with Gasteiger partial charge in [0.15, 0.2) is 0 Å². The number of hydrogen-bond acceptors (Lipinski definition) is 3. The van der Waals surface area contributed by atoms with Gasteiger partial charge < -0.3 is 14.9 Å². The van der Waals surface area contributed by atoms with Gasteiger partial charge in [-0.05, 0) is 11.6 Å². The van der Waals surface area contributed by atoms with Crippen LogP contribution >= 0.6 is 0 Å². The molecule has 0 aliphatic carbocycles. The molecular formula is C16H14N2O2. The van der Waals surface area contributed by atoms with E-state index in [0.29, 0.717) is 0 Å². The van der Waals surface area contributed by atoms with Crippen molar-refractivity contribution in [3.8, 4) is 17.0 Å². The van der Waals surface area contributed by atoms with Crippen LogP contribution in [0.25, 0.3) is 22.2 Å². The van der Waals surface area contributed by atoms with Crippen LogP contribution in [0.2, 0.25) is 0 Å². The number of nitrogens with one attached hydrogen (secondary N) is 1. The SMILES string of the molecule is COc1cccc2c(/C=N\O)c(-c3ccccc3)[nH]c12. The number of benzene rings is 2. The molecule has 0 atom stereocenters. The topological polar surface area (TPSA) is 57.6 Å². The molecule has 0 saturated carbocycles. The van der Waals surface area contributed by atoms with Crippen LogP contribution in [0.4, 0.5) is 0 Å². The van der Waals surface area contributed by atoms with Gasteiger partial charge in [-0.15, -0.1) is 0 Å². The van der Waals surface area contributed by atoms with Gasteiger partial charge in [0.25, 0.3) is 0 Å². The molecule has 0 fully saturated rings. The van der Waals surface area contributed by atoms with Gasteiger partial charge in [-0.3, -0.25) is 0 Å². The summed E-state index contributed by atoms with van der Waals surface area (Å²) < 4.78 is 5.37. The predicted octanol–water partition coefficient (Wildman–Crippen LogP) is 3.65. The van der Waals surface area contributed by atoms with E-state index >= 15 is 0 Å². The number of aromatic amines is 1. The molecule has 0 aliphatic rings. The van der Waals surface area contributed by atoms with E-state index in [0.717, 1.165) is 33.5 Å². The first-order valence-electron chi connectivity index (χ1n) is 6.26. The Morgan fingerprint density at radius 3 is 2.60 bits per heavy atom. The minimum absolute atomic E-state index is 0.761. The summed E-state index contributed by atoms with van der Waals surface area (Å²) >= 11 is 0. The maximum absolute atomic E-state index is 8.92. The lowest BCUT2D eigenvalue weighted by atomic mass is 10.1. The number of H-pyrrole nitrogens is 1. The van der Waals surface area contributed by atoms with E-state index in [1.807, 2.05) is 48.5 Å². The van der Waals surface area contributed by atoms with E-state index in [1.165, 1.54) is 6.21 Å². The molecule has 3 aromatic rings. The quantitative estimate of drug-likeness (QED) is 0.432. The minimum Gasteiger partial charge on any atom is -0.495 e. The summed E-state index contributed by atoms with van der Waals surface area (Å²) in [6.45, 7) is 0. The van der Waals surface area contributed by atoms with Crippen molar-refractivity contribution in [3.63, 3.8) is 0 Å². The third-order valence-electron chi connectivity index (χ3n) is 3.30. The van der Waals surface area contributed by atoms with Crippen molar-refractivity contribution in [2.75, 3.05) is 7.11 Å². The lowest BCUT2D eigenvalue weighted by Crippen LogP contribution is -1.85. The first kappa shape index (κ1) is 12.3. The Bertz CT molecular complexity index is 761. The molecule has 3 rings (SSSR count). The number of ether oxygens (including phenoxy) is 1. The highest BCUT2D eigenvalue weighted by Gasteiger charge is 2.14. The van der Waals surface area contributed by atoms with Gasteiger partial charge in [-0.1, -0.05) is 47.6 Å². The largest absolute Gasteiger partial charge is 0.495 e. The summed E-state index contributed by atoms with van der Waals surface area (Å²) in [5, 5.41) is 13.1. The van der Waals surface area contributed by atoms with Crippen LogP contribution in [0, 0.1) is 0 Å². The van der Waals surface area contributed by atoms with Gasteiger partial charge in [-0.2, -0.15) is 0 Å². The number of oxime groups is 1. The molecule has 2 aromatic carbocycles. The molecule has 0 bridgehead atoms. The number of aromatic nitrogens is 1. The molecule has 0 amide bonds. The average molecular weight is 266 g/mol. The molecule has 20 heavy (non-hydrogen) atoms. The second kappa shape index (κ2) is 5.09. The lowest BCUT2D eigenvalue weighted by molar-refractivity contribution is 0.322. The Balaban J connectivity index is 2.34.